The molecule has 5 nitrogen and oxygen atoms in total. The summed E-state index contributed by atoms with van der Waals surface area (Å²) in [5.74, 6) is -0.326. The maximum atomic E-state index is 10.0. The van der Waals surface area contributed by atoms with Gasteiger partial charge in [0.2, 0.25) is 12.1 Å². The molecule has 0 radical (unpaired) electrons. The summed E-state index contributed by atoms with van der Waals surface area (Å²) in [6, 6.07) is 0. The zero-order chi connectivity index (χ0) is 7.28. The Morgan fingerprint density at radius 1 is 1.78 bits per heavy atom. The number of carbonyl (C=O) groups is 1. The van der Waals surface area contributed by atoms with E-state index < -0.39 is 4.92 Å². The quantitative estimate of drug-likeness (QED) is 0.418. The van der Waals surface area contributed by atoms with Crippen molar-refractivity contribution in [3.05, 3.63) is 22.5 Å². The third-order valence-electron chi connectivity index (χ3n) is 0.483. The molecule has 0 aromatic heterocycles. The average molecular weight is 130 g/mol. The summed E-state index contributed by atoms with van der Waals surface area (Å²) in [5, 5.41) is 11.7. The second-order valence-corrected chi connectivity index (χ2v) is 1.30. The first-order valence-corrected chi connectivity index (χ1v) is 2.20. The normalized spacial score (nSPS) is 9.44. The first kappa shape index (κ1) is 7.61. The molecule has 1 N–H and O–H groups in total. The highest BCUT2D eigenvalue weighted by atomic mass is 16.6. The van der Waals surface area contributed by atoms with Crippen LogP contribution in [0.2, 0.25) is 0 Å². The van der Waals surface area contributed by atoms with Gasteiger partial charge in [-0.1, -0.05) is 0 Å². The number of nitro groups is 1. The van der Waals surface area contributed by atoms with E-state index in [1.807, 2.05) is 0 Å². The monoisotopic (exact) mass is 130 g/mol. The van der Waals surface area contributed by atoms with Gasteiger partial charge in [0, 0.05) is 6.92 Å². The Balaban J connectivity index is 3.48. The average Bonchev–Trinajstić information content (AvgIpc) is 1.63. The zero-order valence-electron chi connectivity index (χ0n) is 4.83. The molecule has 0 aromatic carbocycles. The Kier molecular flexibility index (Phi) is 3.04. The van der Waals surface area contributed by atoms with Crippen molar-refractivity contribution in [3.63, 3.8) is 0 Å². The van der Waals surface area contributed by atoms with Crippen LogP contribution in [0.3, 0.4) is 0 Å². The number of hydrogen-bond donors (Lipinski definition) is 1. The highest BCUT2D eigenvalue weighted by Crippen LogP contribution is 1.68. The molecule has 0 saturated heterocycles. The van der Waals surface area contributed by atoms with Crippen molar-refractivity contribution >= 4 is 5.91 Å². The Hall–Kier alpha value is -1.39. The summed E-state index contributed by atoms with van der Waals surface area (Å²) in [5.41, 5.74) is 0. The minimum atomic E-state index is -0.657. The van der Waals surface area contributed by atoms with Crippen molar-refractivity contribution in [3.8, 4) is 0 Å². The van der Waals surface area contributed by atoms with Crippen molar-refractivity contribution in [2.24, 2.45) is 0 Å². The van der Waals surface area contributed by atoms with Crippen LogP contribution in [0.15, 0.2) is 12.4 Å². The second-order valence-electron chi connectivity index (χ2n) is 1.30. The van der Waals surface area contributed by atoms with Gasteiger partial charge in [0.25, 0.3) is 0 Å². The zero-order valence-corrected chi connectivity index (χ0v) is 4.83. The van der Waals surface area contributed by atoms with Gasteiger partial charge in [0.1, 0.15) is 0 Å². The number of nitrogens with zero attached hydrogens (tertiary/aromatic N) is 1. The van der Waals surface area contributed by atoms with Crippen LogP contribution in [-0.4, -0.2) is 10.8 Å². The maximum absolute atomic E-state index is 10.0. The van der Waals surface area contributed by atoms with Gasteiger partial charge in [-0.25, -0.2) is 0 Å². The standard InChI is InChI=1S/C4H6N2O3/c1-4(7)5-2-3-6(8)9/h2-3H,1H3,(H,5,7)/b3-2+. The molecule has 0 aliphatic rings. The number of nitrogens with one attached hydrogen (secondary N) is 1. The van der Waals surface area contributed by atoms with Crippen LogP contribution >= 0.6 is 0 Å². The smallest absolute Gasteiger partial charge is 0.250 e. The third-order valence-corrected chi connectivity index (χ3v) is 0.483. The van der Waals surface area contributed by atoms with Gasteiger partial charge in [-0.05, 0) is 0 Å². The molecule has 0 aliphatic carbocycles. The minimum absolute atomic E-state index is 0.326. The molecule has 1 amide bonds. The van der Waals surface area contributed by atoms with Crippen molar-refractivity contribution in [2.75, 3.05) is 0 Å². The Morgan fingerprint density at radius 3 is 2.67 bits per heavy atom. The molecular weight excluding hydrogens is 124 g/mol. The summed E-state index contributed by atoms with van der Waals surface area (Å²) in [6.45, 7) is 1.27. The lowest BCUT2D eigenvalue weighted by molar-refractivity contribution is -0.402. The van der Waals surface area contributed by atoms with Crippen molar-refractivity contribution in [1.82, 2.24) is 5.32 Å². The van der Waals surface area contributed by atoms with E-state index in [0.717, 1.165) is 6.20 Å². The molecule has 0 aromatic rings. The topological polar surface area (TPSA) is 72.2 Å². The molecule has 0 heterocycles. The summed E-state index contributed by atoms with van der Waals surface area (Å²) < 4.78 is 0. The van der Waals surface area contributed by atoms with Gasteiger partial charge >= 0.3 is 0 Å². The largest absolute Gasteiger partial charge is 0.327 e. The molecule has 0 unspecified atom stereocenters. The molecule has 0 fully saturated rings. The van der Waals surface area contributed by atoms with Gasteiger partial charge in [0.15, 0.2) is 0 Å². The lowest BCUT2D eigenvalue weighted by Gasteiger charge is -1.84. The van der Waals surface area contributed by atoms with Gasteiger partial charge in [-0.15, -0.1) is 0 Å². The molecule has 50 valence electrons. The van der Waals surface area contributed by atoms with E-state index in [0.29, 0.717) is 6.20 Å². The fourth-order valence-electron chi connectivity index (χ4n) is 0.215. The van der Waals surface area contributed by atoms with Gasteiger partial charge in [-0.2, -0.15) is 0 Å². The predicted octanol–water partition coefficient (Wildman–Crippen LogP) is -0.130. The Labute approximate surface area is 51.5 Å². The van der Waals surface area contributed by atoms with Crippen LogP contribution in [0.5, 0.6) is 0 Å². The first-order valence-electron chi connectivity index (χ1n) is 2.20. The van der Waals surface area contributed by atoms with E-state index in [1.54, 1.807) is 0 Å². The van der Waals surface area contributed by atoms with Crippen LogP contribution in [-0.2, 0) is 4.79 Å². The van der Waals surface area contributed by atoms with E-state index in [9.17, 15) is 14.9 Å². The van der Waals surface area contributed by atoms with E-state index in [1.165, 1.54) is 6.92 Å². The summed E-state index contributed by atoms with van der Waals surface area (Å²) in [4.78, 5) is 18.9. The van der Waals surface area contributed by atoms with E-state index in [4.69, 9.17) is 0 Å². The summed E-state index contributed by atoms with van der Waals surface area (Å²) in [6.07, 6.45) is 1.63. The van der Waals surface area contributed by atoms with Crippen LogP contribution < -0.4 is 5.32 Å². The number of carbonyl (C=O) groups excluding carboxylic acids is 1. The first-order chi connectivity index (χ1) is 4.13. The number of rotatable bonds is 2. The SMILES string of the molecule is CC(=O)N/C=C/[N+](=O)[O-]. The number of hydrogen-bond acceptors (Lipinski definition) is 3. The van der Waals surface area contributed by atoms with E-state index in [-0.39, 0.29) is 5.91 Å². The summed E-state index contributed by atoms with van der Waals surface area (Å²) >= 11 is 0. The Morgan fingerprint density at radius 2 is 2.33 bits per heavy atom. The summed E-state index contributed by atoms with van der Waals surface area (Å²) in [7, 11) is 0. The fourth-order valence-corrected chi connectivity index (χ4v) is 0.215. The molecule has 0 aliphatic heterocycles. The lowest BCUT2D eigenvalue weighted by Crippen LogP contribution is -2.11. The van der Waals surface area contributed by atoms with Crippen LogP contribution in [0.4, 0.5) is 0 Å². The van der Waals surface area contributed by atoms with Crippen molar-refractivity contribution in [2.45, 2.75) is 6.92 Å². The van der Waals surface area contributed by atoms with Crippen LogP contribution in [0.1, 0.15) is 6.92 Å². The van der Waals surface area contributed by atoms with Gasteiger partial charge in [0.05, 0.1) is 11.1 Å². The van der Waals surface area contributed by atoms with Crippen LogP contribution in [0.25, 0.3) is 0 Å². The fraction of sp³-hybridized carbons (Fsp3) is 0.250. The van der Waals surface area contributed by atoms with Crippen molar-refractivity contribution < 1.29 is 9.72 Å². The molecule has 0 atom stereocenters. The number of amides is 1. The van der Waals surface area contributed by atoms with E-state index in [2.05, 4.69) is 5.32 Å². The Bertz CT molecular complexity index is 152. The second kappa shape index (κ2) is 3.59. The highest BCUT2D eigenvalue weighted by molar-refractivity contribution is 5.73. The molecule has 0 saturated carbocycles. The van der Waals surface area contributed by atoms with Gasteiger partial charge in [-0.3, -0.25) is 14.9 Å². The van der Waals surface area contributed by atoms with Crippen LogP contribution in [0, 0.1) is 10.1 Å². The van der Waals surface area contributed by atoms with E-state index >= 15 is 0 Å². The molecule has 0 bridgehead atoms. The molecule has 0 rings (SSSR count). The molecule has 0 spiro atoms. The van der Waals surface area contributed by atoms with Crippen molar-refractivity contribution in [1.29, 1.82) is 0 Å². The maximum Gasteiger partial charge on any atom is 0.250 e. The molecular formula is C4H6N2O3. The minimum Gasteiger partial charge on any atom is -0.327 e. The third kappa shape index (κ3) is 6.61. The predicted molar refractivity (Wildman–Crippen MR) is 30.0 cm³/mol. The molecule has 5 heteroatoms. The molecule has 9 heavy (non-hydrogen) atoms. The lowest BCUT2D eigenvalue weighted by atomic mass is 10.7. The highest BCUT2D eigenvalue weighted by Gasteiger charge is 1.85. The van der Waals surface area contributed by atoms with Gasteiger partial charge < -0.3 is 5.32 Å².